The summed E-state index contributed by atoms with van der Waals surface area (Å²) in [7, 11) is 0. The number of carbonyl (C=O) groups is 1. The van der Waals surface area contributed by atoms with Gasteiger partial charge in [-0.2, -0.15) is 0 Å². The topological polar surface area (TPSA) is 69.6 Å². The van der Waals surface area contributed by atoms with E-state index in [2.05, 4.69) is 31.3 Å². The lowest BCUT2D eigenvalue weighted by molar-refractivity contribution is -0.123. The largest absolute Gasteiger partial charge is 0.394 e. The van der Waals surface area contributed by atoms with Gasteiger partial charge in [0.15, 0.2) is 0 Å². The molecule has 4 nitrogen and oxygen atoms in total. The number of allylic oxidation sites excluding steroid dienone is 2. The first-order valence-corrected chi connectivity index (χ1v) is 15.9. The van der Waals surface area contributed by atoms with E-state index in [1.54, 1.807) is 0 Å². The number of nitrogens with one attached hydrogen (secondary N) is 1. The van der Waals surface area contributed by atoms with Gasteiger partial charge in [-0.1, -0.05) is 142 Å². The molecule has 0 spiro atoms. The van der Waals surface area contributed by atoms with Gasteiger partial charge in [0.25, 0.3) is 0 Å². The van der Waals surface area contributed by atoms with Gasteiger partial charge >= 0.3 is 0 Å². The number of amides is 1. The van der Waals surface area contributed by atoms with Gasteiger partial charge in [0.1, 0.15) is 0 Å². The van der Waals surface area contributed by atoms with Gasteiger partial charge in [-0.05, 0) is 32.1 Å². The first-order chi connectivity index (χ1) is 17.7. The van der Waals surface area contributed by atoms with Crippen LogP contribution in [0.1, 0.15) is 168 Å². The maximum absolute atomic E-state index is 12.2. The van der Waals surface area contributed by atoms with Gasteiger partial charge in [0, 0.05) is 6.42 Å². The Labute approximate surface area is 225 Å². The summed E-state index contributed by atoms with van der Waals surface area (Å²) in [6.07, 6.45) is 32.6. The second-order valence-corrected chi connectivity index (χ2v) is 10.9. The molecule has 0 fully saturated rings. The molecule has 0 aromatic carbocycles. The summed E-state index contributed by atoms with van der Waals surface area (Å²) >= 11 is 0. The molecule has 0 saturated carbocycles. The fourth-order valence-electron chi connectivity index (χ4n) is 4.77. The Morgan fingerprint density at radius 1 is 0.639 bits per heavy atom. The van der Waals surface area contributed by atoms with Crippen LogP contribution in [0.3, 0.4) is 0 Å². The molecular formula is C32H63NO3. The number of unbranched alkanes of at least 4 members (excludes halogenated alkanes) is 19. The predicted molar refractivity (Wildman–Crippen MR) is 156 cm³/mol. The molecule has 0 aromatic rings. The number of aliphatic hydroxyl groups is 2. The van der Waals surface area contributed by atoms with E-state index in [9.17, 15) is 15.0 Å². The van der Waals surface area contributed by atoms with E-state index in [1.807, 2.05) is 0 Å². The van der Waals surface area contributed by atoms with Gasteiger partial charge < -0.3 is 15.5 Å². The summed E-state index contributed by atoms with van der Waals surface area (Å²) < 4.78 is 0. The van der Waals surface area contributed by atoms with Crippen LogP contribution in [0, 0.1) is 0 Å². The normalized spacial score (nSPS) is 13.3. The number of hydrogen-bond acceptors (Lipinski definition) is 3. The molecule has 2 unspecified atom stereocenters. The zero-order valence-corrected chi connectivity index (χ0v) is 24.3. The number of hydrogen-bond donors (Lipinski definition) is 3. The van der Waals surface area contributed by atoms with Gasteiger partial charge in [0.05, 0.1) is 18.8 Å². The maximum Gasteiger partial charge on any atom is 0.220 e. The van der Waals surface area contributed by atoms with E-state index in [-0.39, 0.29) is 12.5 Å². The minimum absolute atomic E-state index is 0.0686. The van der Waals surface area contributed by atoms with Crippen molar-refractivity contribution in [1.82, 2.24) is 5.32 Å². The fourth-order valence-corrected chi connectivity index (χ4v) is 4.77. The van der Waals surface area contributed by atoms with Crippen LogP contribution >= 0.6 is 0 Å². The van der Waals surface area contributed by atoms with Crippen molar-refractivity contribution in [3.8, 4) is 0 Å². The second-order valence-electron chi connectivity index (χ2n) is 10.9. The quantitative estimate of drug-likeness (QED) is 0.0729. The summed E-state index contributed by atoms with van der Waals surface area (Å²) in [6, 6.07) is -0.543. The Morgan fingerprint density at radius 2 is 1.06 bits per heavy atom. The summed E-state index contributed by atoms with van der Waals surface area (Å²) in [5, 5.41) is 22.9. The molecule has 4 heteroatoms. The highest BCUT2D eigenvalue weighted by atomic mass is 16.3. The van der Waals surface area contributed by atoms with Crippen LogP contribution < -0.4 is 5.32 Å². The maximum atomic E-state index is 12.2. The van der Waals surface area contributed by atoms with E-state index in [0.29, 0.717) is 12.8 Å². The zero-order valence-electron chi connectivity index (χ0n) is 24.3. The van der Waals surface area contributed by atoms with Crippen LogP contribution in [0.5, 0.6) is 0 Å². The van der Waals surface area contributed by atoms with Crippen LogP contribution in [0.4, 0.5) is 0 Å². The first-order valence-electron chi connectivity index (χ1n) is 15.9. The molecule has 36 heavy (non-hydrogen) atoms. The Kier molecular flexibility index (Phi) is 28.0. The van der Waals surface area contributed by atoms with Crippen LogP contribution in [0.25, 0.3) is 0 Å². The van der Waals surface area contributed by atoms with Gasteiger partial charge in [0.2, 0.25) is 5.91 Å². The smallest absolute Gasteiger partial charge is 0.220 e. The number of aliphatic hydroxyl groups excluding tert-OH is 2. The summed E-state index contributed by atoms with van der Waals surface area (Å²) in [5.41, 5.74) is 0. The third-order valence-electron chi connectivity index (χ3n) is 7.28. The predicted octanol–water partition coefficient (Wildman–Crippen LogP) is 8.78. The number of rotatable bonds is 28. The highest BCUT2D eigenvalue weighted by Gasteiger charge is 2.19. The van der Waals surface area contributed by atoms with Gasteiger partial charge in [-0.25, -0.2) is 0 Å². The molecule has 2 atom stereocenters. The monoisotopic (exact) mass is 509 g/mol. The van der Waals surface area contributed by atoms with Crippen LogP contribution in [-0.2, 0) is 4.79 Å². The highest BCUT2D eigenvalue weighted by molar-refractivity contribution is 5.76. The molecule has 1 amide bonds. The molecule has 0 radical (unpaired) electrons. The molecule has 0 heterocycles. The zero-order chi connectivity index (χ0) is 26.5. The molecule has 0 aliphatic rings. The highest BCUT2D eigenvalue weighted by Crippen LogP contribution is 2.15. The van der Waals surface area contributed by atoms with Crippen LogP contribution in [-0.4, -0.2) is 34.9 Å². The van der Waals surface area contributed by atoms with E-state index < -0.39 is 12.1 Å². The minimum atomic E-state index is -0.663. The molecule has 0 saturated heterocycles. The molecule has 214 valence electrons. The average Bonchev–Trinajstić information content (AvgIpc) is 2.88. The van der Waals surface area contributed by atoms with Gasteiger partial charge in [-0.3, -0.25) is 4.79 Å². The Morgan fingerprint density at radius 3 is 1.53 bits per heavy atom. The lowest BCUT2D eigenvalue weighted by Crippen LogP contribution is -2.45. The van der Waals surface area contributed by atoms with Crippen LogP contribution in [0.15, 0.2) is 12.2 Å². The Hall–Kier alpha value is -0.870. The van der Waals surface area contributed by atoms with E-state index in [4.69, 9.17) is 0 Å². The van der Waals surface area contributed by atoms with Crippen molar-refractivity contribution >= 4 is 5.91 Å². The molecule has 0 aliphatic heterocycles. The minimum Gasteiger partial charge on any atom is -0.394 e. The van der Waals surface area contributed by atoms with E-state index >= 15 is 0 Å². The van der Waals surface area contributed by atoms with E-state index in [0.717, 1.165) is 32.1 Å². The standard InChI is InChI=1S/C32H63NO3/c1-3-5-7-9-11-13-14-15-16-17-18-20-21-23-25-27-31(35)30(29-34)33-32(36)28-26-24-22-19-12-10-8-6-4-2/h19,22,30-31,34-35H,3-18,20-21,23-29H2,1-2H3,(H,33,36)/b22-19-. The fraction of sp³-hybridized carbons (Fsp3) is 0.906. The summed E-state index contributed by atoms with van der Waals surface area (Å²) in [6.45, 7) is 4.29. The third kappa shape index (κ3) is 24.8. The Bertz CT molecular complexity index is 480. The SMILES string of the molecule is CCCCCC/C=C\CCCC(=O)NC(CO)C(O)CCCCCCCCCCCCCCCCC. The van der Waals surface area contributed by atoms with Gasteiger partial charge in [-0.15, -0.1) is 0 Å². The van der Waals surface area contributed by atoms with Crippen molar-refractivity contribution in [2.75, 3.05) is 6.61 Å². The lowest BCUT2D eigenvalue weighted by atomic mass is 10.0. The van der Waals surface area contributed by atoms with Crippen molar-refractivity contribution in [2.45, 2.75) is 180 Å². The average molecular weight is 510 g/mol. The van der Waals surface area contributed by atoms with Crippen LogP contribution in [0.2, 0.25) is 0 Å². The molecule has 0 rings (SSSR count). The van der Waals surface area contributed by atoms with Crippen molar-refractivity contribution < 1.29 is 15.0 Å². The molecular weight excluding hydrogens is 446 g/mol. The molecule has 0 aliphatic carbocycles. The number of carbonyl (C=O) groups excluding carboxylic acids is 1. The summed E-state index contributed by atoms with van der Waals surface area (Å²) in [4.78, 5) is 12.2. The third-order valence-corrected chi connectivity index (χ3v) is 7.28. The molecule has 0 bridgehead atoms. The Balaban J connectivity index is 3.60. The first kappa shape index (κ1) is 35.1. The van der Waals surface area contributed by atoms with Crippen molar-refractivity contribution in [1.29, 1.82) is 0 Å². The molecule has 0 aromatic heterocycles. The van der Waals surface area contributed by atoms with E-state index in [1.165, 1.54) is 109 Å². The second kappa shape index (κ2) is 28.7. The van der Waals surface area contributed by atoms with Crippen molar-refractivity contribution in [2.24, 2.45) is 0 Å². The summed E-state index contributed by atoms with van der Waals surface area (Å²) in [5.74, 6) is -0.0686. The van der Waals surface area contributed by atoms with Crippen molar-refractivity contribution in [3.05, 3.63) is 12.2 Å². The van der Waals surface area contributed by atoms with Crippen molar-refractivity contribution in [3.63, 3.8) is 0 Å². The molecule has 3 N–H and O–H groups in total. The lowest BCUT2D eigenvalue weighted by Gasteiger charge is -2.22.